The van der Waals surface area contributed by atoms with Gasteiger partial charge >= 0.3 is 12.1 Å². The Kier molecular flexibility index (Phi) is 7.15. The van der Waals surface area contributed by atoms with Crippen LogP contribution < -0.4 is 5.32 Å². The molecule has 2 unspecified atom stereocenters. The third-order valence-corrected chi connectivity index (χ3v) is 7.11. The number of hydrogen-bond donors (Lipinski definition) is 2. The van der Waals surface area contributed by atoms with Crippen molar-refractivity contribution in [3.8, 4) is 11.1 Å². The number of carboxylic acid groups (broad SMARTS) is 1. The van der Waals surface area contributed by atoms with Crippen molar-refractivity contribution in [1.29, 1.82) is 0 Å². The van der Waals surface area contributed by atoms with Gasteiger partial charge in [0.05, 0.1) is 5.92 Å². The minimum absolute atomic E-state index is 0.0129. The van der Waals surface area contributed by atoms with Crippen LogP contribution in [-0.4, -0.2) is 53.2 Å². The number of alkyl carbamates (subject to hydrolysis) is 1. The fraction of sp³-hybridized carbons (Fsp3) is 0.464. The lowest BCUT2D eigenvalue weighted by Gasteiger charge is -2.35. The number of carboxylic acids is 1. The fourth-order valence-corrected chi connectivity index (χ4v) is 5.28. The fourth-order valence-electron chi connectivity index (χ4n) is 5.28. The molecule has 7 heteroatoms. The van der Waals surface area contributed by atoms with Gasteiger partial charge in [0.1, 0.15) is 6.61 Å². The Hall–Kier alpha value is -3.35. The molecule has 7 nitrogen and oxygen atoms in total. The number of benzene rings is 2. The van der Waals surface area contributed by atoms with Gasteiger partial charge in [-0.3, -0.25) is 9.59 Å². The average molecular weight is 479 g/mol. The summed E-state index contributed by atoms with van der Waals surface area (Å²) in [6.45, 7) is 6.75. The van der Waals surface area contributed by atoms with Gasteiger partial charge in [0.25, 0.3) is 0 Å². The number of likely N-dealkylation sites (tertiary alicyclic amines) is 1. The van der Waals surface area contributed by atoms with Gasteiger partial charge in [0, 0.05) is 31.0 Å². The summed E-state index contributed by atoms with van der Waals surface area (Å²) in [5, 5.41) is 12.2. The zero-order valence-corrected chi connectivity index (χ0v) is 20.6. The van der Waals surface area contributed by atoms with E-state index in [0.29, 0.717) is 19.4 Å². The van der Waals surface area contributed by atoms with Crippen LogP contribution in [0.1, 0.15) is 57.1 Å². The highest BCUT2D eigenvalue weighted by molar-refractivity contribution is 5.79. The van der Waals surface area contributed by atoms with Crippen LogP contribution in [0.25, 0.3) is 11.1 Å². The van der Waals surface area contributed by atoms with Crippen LogP contribution in [0.2, 0.25) is 0 Å². The molecule has 1 saturated heterocycles. The second-order valence-corrected chi connectivity index (χ2v) is 10.5. The average Bonchev–Trinajstić information content (AvgIpc) is 3.14. The summed E-state index contributed by atoms with van der Waals surface area (Å²) in [6.07, 6.45) is 0.740. The van der Waals surface area contributed by atoms with Gasteiger partial charge in [-0.1, -0.05) is 55.5 Å². The summed E-state index contributed by atoms with van der Waals surface area (Å²) in [4.78, 5) is 38.5. The number of hydrogen-bond acceptors (Lipinski definition) is 4. The number of nitrogens with zero attached hydrogens (tertiary/aromatic N) is 1. The Bertz CT molecular complexity index is 1070. The Labute approximate surface area is 206 Å². The summed E-state index contributed by atoms with van der Waals surface area (Å²) in [5.41, 5.74) is 4.01. The standard InChI is InChI=1S/C28H34N2O5/c1-18-14-19(26(32)33)16-30(15-18)25(31)12-13-28(2,3)29-27(34)35-17-24-22-10-6-4-8-20(22)21-9-5-7-11-23(21)24/h4-11,18-19,24H,12-17H2,1-3H3,(H,29,34)(H,32,33). The summed E-state index contributed by atoms with van der Waals surface area (Å²) < 4.78 is 5.64. The highest BCUT2D eigenvalue weighted by atomic mass is 16.5. The first-order valence-electron chi connectivity index (χ1n) is 12.3. The second kappa shape index (κ2) is 10.1. The molecular formula is C28H34N2O5. The van der Waals surface area contributed by atoms with Crippen molar-refractivity contribution in [1.82, 2.24) is 10.2 Å². The topological polar surface area (TPSA) is 95.9 Å². The Morgan fingerprint density at radius 3 is 2.23 bits per heavy atom. The van der Waals surface area contributed by atoms with Crippen LogP contribution in [0.5, 0.6) is 0 Å². The van der Waals surface area contributed by atoms with Gasteiger partial charge < -0.3 is 20.1 Å². The van der Waals surface area contributed by atoms with Gasteiger partial charge in [-0.05, 0) is 54.9 Å². The maximum absolute atomic E-state index is 12.8. The molecule has 2 atom stereocenters. The summed E-state index contributed by atoms with van der Waals surface area (Å²) in [5.74, 6) is -1.31. The largest absolute Gasteiger partial charge is 0.481 e. The van der Waals surface area contributed by atoms with Gasteiger partial charge in [0.15, 0.2) is 0 Å². The molecule has 0 radical (unpaired) electrons. The Morgan fingerprint density at radius 2 is 1.63 bits per heavy atom. The van der Waals surface area contributed by atoms with E-state index in [1.807, 2.05) is 45.0 Å². The van der Waals surface area contributed by atoms with Crippen LogP contribution >= 0.6 is 0 Å². The highest BCUT2D eigenvalue weighted by Gasteiger charge is 2.33. The van der Waals surface area contributed by atoms with Crippen LogP contribution in [0.15, 0.2) is 48.5 Å². The van der Waals surface area contributed by atoms with E-state index in [9.17, 15) is 19.5 Å². The number of rotatable bonds is 7. The van der Waals surface area contributed by atoms with Crippen LogP contribution in [0.4, 0.5) is 4.79 Å². The van der Waals surface area contributed by atoms with Crippen molar-refractivity contribution in [3.63, 3.8) is 0 Å². The first kappa shape index (κ1) is 24.8. The summed E-state index contributed by atoms with van der Waals surface area (Å²) in [6, 6.07) is 16.4. The zero-order valence-electron chi connectivity index (χ0n) is 20.6. The molecule has 2 amide bonds. The number of amides is 2. The molecule has 0 saturated carbocycles. The molecule has 0 bridgehead atoms. The van der Waals surface area contributed by atoms with E-state index in [0.717, 1.165) is 11.1 Å². The molecule has 2 aliphatic rings. The Morgan fingerprint density at radius 1 is 1.03 bits per heavy atom. The van der Waals surface area contributed by atoms with E-state index in [1.54, 1.807) is 4.90 Å². The number of nitrogens with one attached hydrogen (secondary N) is 1. The monoisotopic (exact) mass is 478 g/mol. The van der Waals surface area contributed by atoms with Gasteiger partial charge in [0.2, 0.25) is 5.91 Å². The van der Waals surface area contributed by atoms with Crippen molar-refractivity contribution in [3.05, 3.63) is 59.7 Å². The number of aliphatic carboxylic acids is 1. The van der Waals surface area contributed by atoms with Crippen LogP contribution in [0, 0.1) is 11.8 Å². The molecule has 35 heavy (non-hydrogen) atoms. The zero-order chi connectivity index (χ0) is 25.2. The molecule has 2 N–H and O–H groups in total. The smallest absolute Gasteiger partial charge is 0.407 e. The van der Waals surface area contributed by atoms with E-state index < -0.39 is 23.5 Å². The first-order chi connectivity index (χ1) is 16.6. The lowest BCUT2D eigenvalue weighted by molar-refractivity contribution is -0.147. The molecular weight excluding hydrogens is 444 g/mol. The van der Waals surface area contributed by atoms with Crippen molar-refractivity contribution in [2.75, 3.05) is 19.7 Å². The number of carbonyl (C=O) groups is 3. The molecule has 186 valence electrons. The molecule has 2 aromatic carbocycles. The lowest BCUT2D eigenvalue weighted by atomic mass is 9.90. The van der Waals surface area contributed by atoms with Gasteiger partial charge in [-0.2, -0.15) is 0 Å². The third-order valence-electron chi connectivity index (χ3n) is 7.11. The van der Waals surface area contributed by atoms with Crippen molar-refractivity contribution >= 4 is 18.0 Å². The van der Waals surface area contributed by atoms with Gasteiger partial charge in [-0.25, -0.2) is 4.79 Å². The molecule has 1 aliphatic carbocycles. The van der Waals surface area contributed by atoms with E-state index in [2.05, 4.69) is 29.6 Å². The molecule has 2 aromatic rings. The number of carbonyl (C=O) groups excluding carboxylic acids is 2. The number of piperidine rings is 1. The summed E-state index contributed by atoms with van der Waals surface area (Å²) in [7, 11) is 0. The van der Waals surface area contributed by atoms with Gasteiger partial charge in [-0.15, -0.1) is 0 Å². The van der Waals surface area contributed by atoms with E-state index in [-0.39, 0.29) is 37.3 Å². The Balaban J connectivity index is 1.30. The molecule has 1 aliphatic heterocycles. The maximum atomic E-state index is 12.8. The lowest BCUT2D eigenvalue weighted by Crippen LogP contribution is -2.47. The predicted molar refractivity (Wildman–Crippen MR) is 133 cm³/mol. The van der Waals surface area contributed by atoms with Crippen molar-refractivity contribution in [2.24, 2.45) is 11.8 Å². The highest BCUT2D eigenvalue weighted by Crippen LogP contribution is 2.44. The number of fused-ring (bicyclic) bond motifs is 3. The van der Waals surface area contributed by atoms with Crippen LogP contribution in [0.3, 0.4) is 0 Å². The molecule has 1 fully saturated rings. The maximum Gasteiger partial charge on any atom is 0.407 e. The van der Waals surface area contributed by atoms with E-state index >= 15 is 0 Å². The quantitative estimate of drug-likeness (QED) is 0.604. The molecule has 0 spiro atoms. The van der Waals surface area contributed by atoms with Crippen molar-refractivity contribution in [2.45, 2.75) is 51.5 Å². The van der Waals surface area contributed by atoms with E-state index in [4.69, 9.17) is 4.74 Å². The number of ether oxygens (including phenoxy) is 1. The molecule has 1 heterocycles. The van der Waals surface area contributed by atoms with E-state index in [1.165, 1.54) is 11.1 Å². The minimum Gasteiger partial charge on any atom is -0.481 e. The molecule has 0 aromatic heterocycles. The third kappa shape index (κ3) is 5.66. The predicted octanol–water partition coefficient (Wildman–Crippen LogP) is 4.65. The summed E-state index contributed by atoms with van der Waals surface area (Å²) >= 11 is 0. The minimum atomic E-state index is -0.855. The first-order valence-corrected chi connectivity index (χ1v) is 12.3. The van der Waals surface area contributed by atoms with Crippen LogP contribution in [-0.2, 0) is 14.3 Å². The second-order valence-electron chi connectivity index (χ2n) is 10.5. The SMILES string of the molecule is CC1CC(C(=O)O)CN(C(=O)CCC(C)(C)NC(=O)OCC2c3ccccc3-c3ccccc32)C1. The molecule has 4 rings (SSSR count). The normalized spacial score (nSPS) is 19.6. The van der Waals surface area contributed by atoms with Crippen molar-refractivity contribution < 1.29 is 24.2 Å².